The second kappa shape index (κ2) is 4.79. The highest BCUT2D eigenvalue weighted by atomic mass is 32.2. The molecule has 0 saturated heterocycles. The maximum Gasteiger partial charge on any atom is 0.234 e. The van der Waals surface area contributed by atoms with Crippen molar-refractivity contribution in [3.05, 3.63) is 0 Å². The van der Waals surface area contributed by atoms with Crippen LogP contribution in [0.4, 0.5) is 0 Å². The van der Waals surface area contributed by atoms with Crippen LogP contribution in [0, 0.1) is 0 Å². The minimum Gasteiger partial charge on any atom is -0.294 e. The number of aromatic nitrogens is 4. The van der Waals surface area contributed by atoms with Gasteiger partial charge >= 0.3 is 0 Å². The molecule has 0 spiro atoms. The van der Waals surface area contributed by atoms with Crippen molar-refractivity contribution in [1.82, 2.24) is 25.6 Å². The Morgan fingerprint density at radius 3 is 3.12 bits per heavy atom. The Balaban J connectivity index is 1.92. The Morgan fingerprint density at radius 1 is 1.75 bits per heavy atom. The predicted octanol–water partition coefficient (Wildman–Crippen LogP) is -0.131. The Morgan fingerprint density at radius 2 is 2.50 bits per heavy atom. The molecule has 1 saturated carbocycles. The molecular formula is C8H14N6OS. The zero-order chi connectivity index (χ0) is 11.5. The van der Waals surface area contributed by atoms with Gasteiger partial charge in [-0.05, 0) is 23.3 Å². The summed E-state index contributed by atoms with van der Waals surface area (Å²) >= 11 is 1.50. The summed E-state index contributed by atoms with van der Waals surface area (Å²) in [5.41, 5.74) is 2.11. The quantitative estimate of drug-likeness (QED) is 0.323. The van der Waals surface area contributed by atoms with E-state index in [1.54, 1.807) is 0 Å². The summed E-state index contributed by atoms with van der Waals surface area (Å²) in [6.07, 6.45) is 2.63. The van der Waals surface area contributed by atoms with Gasteiger partial charge in [0.2, 0.25) is 11.1 Å². The van der Waals surface area contributed by atoms with Gasteiger partial charge in [-0.1, -0.05) is 18.7 Å². The summed E-state index contributed by atoms with van der Waals surface area (Å²) in [5, 5.41) is 12.4. The number of hydrogen-bond acceptors (Lipinski definition) is 6. The average Bonchev–Trinajstić information content (AvgIpc) is 3.00. The van der Waals surface area contributed by atoms with Crippen molar-refractivity contribution in [3.63, 3.8) is 0 Å². The van der Waals surface area contributed by atoms with E-state index in [9.17, 15) is 4.79 Å². The molecule has 1 heterocycles. The van der Waals surface area contributed by atoms with Crippen molar-refractivity contribution in [2.75, 3.05) is 0 Å². The van der Waals surface area contributed by atoms with Gasteiger partial charge in [0.15, 0.2) is 0 Å². The number of hydrogen-bond donors (Lipinski definition) is 2. The van der Waals surface area contributed by atoms with E-state index in [2.05, 4.69) is 21.0 Å². The van der Waals surface area contributed by atoms with E-state index in [-0.39, 0.29) is 11.2 Å². The van der Waals surface area contributed by atoms with Gasteiger partial charge < -0.3 is 0 Å². The van der Waals surface area contributed by atoms with Crippen LogP contribution < -0.4 is 11.3 Å². The largest absolute Gasteiger partial charge is 0.294 e. The van der Waals surface area contributed by atoms with E-state index in [1.165, 1.54) is 11.8 Å². The summed E-state index contributed by atoms with van der Waals surface area (Å²) in [4.78, 5) is 11.1. The van der Waals surface area contributed by atoms with Crippen LogP contribution in [0.3, 0.4) is 0 Å². The number of nitrogens with two attached hydrogens (primary N) is 1. The second-order valence-corrected chi connectivity index (χ2v) is 5.24. The third-order valence-electron chi connectivity index (χ3n) is 2.30. The molecule has 1 aliphatic carbocycles. The number of nitrogens with one attached hydrogen (secondary N) is 1. The summed E-state index contributed by atoms with van der Waals surface area (Å²) < 4.78 is 1.83. The third kappa shape index (κ3) is 2.70. The Kier molecular flexibility index (Phi) is 3.39. The molecule has 1 fully saturated rings. The van der Waals surface area contributed by atoms with E-state index in [1.807, 2.05) is 11.6 Å². The van der Waals surface area contributed by atoms with Gasteiger partial charge in [-0.15, -0.1) is 5.10 Å². The highest BCUT2D eigenvalue weighted by Crippen LogP contribution is 2.37. The van der Waals surface area contributed by atoms with Gasteiger partial charge in [-0.25, -0.2) is 10.5 Å². The molecule has 1 aliphatic rings. The van der Waals surface area contributed by atoms with E-state index >= 15 is 0 Å². The van der Waals surface area contributed by atoms with E-state index in [4.69, 9.17) is 5.84 Å². The van der Waals surface area contributed by atoms with Gasteiger partial charge in [0.05, 0.1) is 6.04 Å². The molecule has 1 aromatic rings. The van der Waals surface area contributed by atoms with Crippen LogP contribution in [0.25, 0.3) is 0 Å². The first kappa shape index (κ1) is 11.3. The molecule has 0 bridgehead atoms. The molecule has 0 aromatic carbocycles. The SMILES string of the molecule is CC(CC(=O)NN)Sc1nnnn1C1CC1. The van der Waals surface area contributed by atoms with Crippen LogP contribution in [0.1, 0.15) is 32.2 Å². The zero-order valence-electron chi connectivity index (χ0n) is 8.96. The first-order chi connectivity index (χ1) is 7.70. The number of rotatable bonds is 5. The van der Waals surface area contributed by atoms with Crippen molar-refractivity contribution in [3.8, 4) is 0 Å². The van der Waals surface area contributed by atoms with Gasteiger partial charge in [0.25, 0.3) is 0 Å². The molecule has 0 aliphatic heterocycles. The number of thioether (sulfide) groups is 1. The first-order valence-corrected chi connectivity index (χ1v) is 6.02. The number of nitrogens with zero attached hydrogens (tertiary/aromatic N) is 4. The van der Waals surface area contributed by atoms with Gasteiger partial charge in [-0.2, -0.15) is 0 Å². The Bertz CT molecular complexity index is 376. The van der Waals surface area contributed by atoms with E-state index in [0.29, 0.717) is 12.5 Å². The molecular weight excluding hydrogens is 228 g/mol. The molecule has 88 valence electrons. The van der Waals surface area contributed by atoms with Gasteiger partial charge in [0.1, 0.15) is 0 Å². The smallest absolute Gasteiger partial charge is 0.234 e. The topological polar surface area (TPSA) is 98.7 Å². The van der Waals surface area contributed by atoms with Gasteiger partial charge in [0, 0.05) is 11.7 Å². The first-order valence-electron chi connectivity index (χ1n) is 5.14. The van der Waals surface area contributed by atoms with Crippen molar-refractivity contribution in [2.45, 2.75) is 42.6 Å². The summed E-state index contributed by atoms with van der Waals surface area (Å²) in [6.45, 7) is 1.95. The monoisotopic (exact) mass is 242 g/mol. The van der Waals surface area contributed by atoms with Crippen LogP contribution in [0.5, 0.6) is 0 Å². The lowest BCUT2D eigenvalue weighted by atomic mass is 10.3. The molecule has 1 atom stereocenters. The van der Waals surface area contributed by atoms with Gasteiger partial charge in [-0.3, -0.25) is 10.2 Å². The number of amides is 1. The molecule has 1 aromatic heterocycles. The molecule has 1 amide bonds. The molecule has 16 heavy (non-hydrogen) atoms. The van der Waals surface area contributed by atoms with Crippen molar-refractivity contribution in [1.29, 1.82) is 0 Å². The lowest BCUT2D eigenvalue weighted by molar-refractivity contribution is -0.121. The van der Waals surface area contributed by atoms with Crippen LogP contribution in [-0.2, 0) is 4.79 Å². The molecule has 1 unspecified atom stereocenters. The maximum atomic E-state index is 11.1. The fraction of sp³-hybridized carbons (Fsp3) is 0.750. The lowest BCUT2D eigenvalue weighted by Crippen LogP contribution is -2.31. The van der Waals surface area contributed by atoms with Crippen LogP contribution in [0.2, 0.25) is 0 Å². The molecule has 7 nitrogen and oxygen atoms in total. The highest BCUT2D eigenvalue weighted by Gasteiger charge is 2.28. The molecule has 3 N–H and O–H groups in total. The molecule has 8 heteroatoms. The third-order valence-corrected chi connectivity index (χ3v) is 3.34. The Labute approximate surface area is 97.1 Å². The fourth-order valence-electron chi connectivity index (χ4n) is 1.35. The van der Waals surface area contributed by atoms with Crippen LogP contribution in [0.15, 0.2) is 5.16 Å². The van der Waals surface area contributed by atoms with E-state index < -0.39 is 0 Å². The standard InChI is InChI=1S/C8H14N6OS/c1-5(4-7(15)10-9)16-8-11-12-13-14(8)6-2-3-6/h5-6H,2-4,9H2,1H3,(H,10,15). The zero-order valence-corrected chi connectivity index (χ0v) is 9.78. The highest BCUT2D eigenvalue weighted by molar-refractivity contribution is 7.99. The van der Waals surface area contributed by atoms with Crippen molar-refractivity contribution in [2.24, 2.45) is 5.84 Å². The Hall–Kier alpha value is -1.15. The van der Waals surface area contributed by atoms with E-state index in [0.717, 1.165) is 18.0 Å². The minimum absolute atomic E-state index is 0.104. The molecule has 0 radical (unpaired) electrons. The molecule has 2 rings (SSSR count). The number of hydrazine groups is 1. The summed E-state index contributed by atoms with van der Waals surface area (Å²) in [5.74, 6) is 4.85. The number of carbonyl (C=O) groups excluding carboxylic acids is 1. The minimum atomic E-state index is -0.176. The van der Waals surface area contributed by atoms with Crippen molar-refractivity contribution < 1.29 is 4.79 Å². The summed E-state index contributed by atoms with van der Waals surface area (Å²) in [7, 11) is 0. The lowest BCUT2D eigenvalue weighted by Gasteiger charge is -2.08. The maximum absolute atomic E-state index is 11.1. The number of tetrazole rings is 1. The predicted molar refractivity (Wildman–Crippen MR) is 58.4 cm³/mol. The normalized spacial score (nSPS) is 17.1. The summed E-state index contributed by atoms with van der Waals surface area (Å²) in [6, 6.07) is 0.452. The number of carbonyl (C=O) groups is 1. The van der Waals surface area contributed by atoms with Crippen LogP contribution >= 0.6 is 11.8 Å². The van der Waals surface area contributed by atoms with Crippen LogP contribution in [-0.4, -0.2) is 31.4 Å². The second-order valence-electron chi connectivity index (χ2n) is 3.84. The average molecular weight is 242 g/mol. The van der Waals surface area contributed by atoms with Crippen molar-refractivity contribution >= 4 is 17.7 Å². The fourth-order valence-corrected chi connectivity index (χ4v) is 2.32.